The number of fused-ring (bicyclic) bond motifs is 1. The van der Waals surface area contributed by atoms with Crippen LogP contribution in [-0.4, -0.2) is 9.97 Å². The van der Waals surface area contributed by atoms with Crippen LogP contribution in [0.25, 0.3) is 10.9 Å². The zero-order valence-corrected chi connectivity index (χ0v) is 11.5. The summed E-state index contributed by atoms with van der Waals surface area (Å²) >= 11 is 12.0. The van der Waals surface area contributed by atoms with Gasteiger partial charge in [-0.15, -0.1) is 0 Å². The first-order chi connectivity index (χ1) is 9.24. The summed E-state index contributed by atoms with van der Waals surface area (Å²) in [5.41, 5.74) is 3.01. The molecule has 2 heterocycles. The van der Waals surface area contributed by atoms with Crippen molar-refractivity contribution in [2.75, 3.05) is 5.32 Å². The first kappa shape index (κ1) is 12.3. The van der Waals surface area contributed by atoms with Gasteiger partial charge in [0.05, 0.1) is 16.9 Å². The van der Waals surface area contributed by atoms with Gasteiger partial charge in [-0.25, -0.2) is 0 Å². The van der Waals surface area contributed by atoms with Crippen molar-refractivity contribution in [2.24, 2.45) is 0 Å². The zero-order chi connectivity index (χ0) is 13.2. The summed E-state index contributed by atoms with van der Waals surface area (Å²) < 4.78 is 0. The number of halogens is 2. The molecule has 2 N–H and O–H groups in total. The van der Waals surface area contributed by atoms with Gasteiger partial charge in [-0.1, -0.05) is 29.3 Å². The fourth-order valence-corrected chi connectivity index (χ4v) is 2.35. The van der Waals surface area contributed by atoms with Crippen molar-refractivity contribution in [3.63, 3.8) is 0 Å². The summed E-state index contributed by atoms with van der Waals surface area (Å²) in [6.45, 7) is 0.674. The maximum absolute atomic E-state index is 6.08. The third-order valence-corrected chi connectivity index (χ3v) is 3.53. The second kappa shape index (κ2) is 5.11. The molecule has 3 nitrogen and oxygen atoms in total. The highest BCUT2D eigenvalue weighted by Gasteiger charge is 2.05. The fraction of sp³-hybridized carbons (Fsp3) is 0.0714. The molecule has 0 fully saturated rings. The van der Waals surface area contributed by atoms with Crippen LogP contribution in [0.2, 0.25) is 10.0 Å². The number of nitrogens with one attached hydrogen (secondary N) is 2. The lowest BCUT2D eigenvalue weighted by Crippen LogP contribution is -1.99. The van der Waals surface area contributed by atoms with Crippen molar-refractivity contribution in [1.82, 2.24) is 9.97 Å². The highest BCUT2D eigenvalue weighted by Crippen LogP contribution is 2.24. The molecule has 0 amide bonds. The molecule has 2 aromatic heterocycles. The largest absolute Gasteiger partial charge is 0.378 e. The molecule has 0 atom stereocenters. The van der Waals surface area contributed by atoms with E-state index in [9.17, 15) is 0 Å². The van der Waals surface area contributed by atoms with Crippen LogP contribution in [0.4, 0.5) is 5.69 Å². The average molecular weight is 292 g/mol. The Morgan fingerprint density at radius 2 is 2.11 bits per heavy atom. The number of rotatable bonds is 3. The summed E-state index contributed by atoms with van der Waals surface area (Å²) in [5.74, 6) is 0. The number of benzene rings is 1. The maximum atomic E-state index is 6.08. The molecule has 0 unspecified atom stereocenters. The van der Waals surface area contributed by atoms with Gasteiger partial charge in [-0.05, 0) is 23.8 Å². The summed E-state index contributed by atoms with van der Waals surface area (Å²) in [6.07, 6.45) is 5.35. The van der Waals surface area contributed by atoms with Crippen LogP contribution in [0.1, 0.15) is 5.56 Å². The van der Waals surface area contributed by atoms with Crippen LogP contribution in [-0.2, 0) is 6.54 Å². The lowest BCUT2D eigenvalue weighted by molar-refractivity contribution is 1.15. The number of anilines is 1. The van der Waals surface area contributed by atoms with Crippen molar-refractivity contribution >= 4 is 39.8 Å². The number of hydrogen-bond donors (Lipinski definition) is 2. The molecule has 19 heavy (non-hydrogen) atoms. The molecular formula is C14H11Cl2N3. The Morgan fingerprint density at radius 1 is 1.21 bits per heavy atom. The van der Waals surface area contributed by atoms with Crippen molar-refractivity contribution in [3.05, 3.63) is 58.5 Å². The third-order valence-electron chi connectivity index (χ3n) is 2.97. The summed E-state index contributed by atoms with van der Waals surface area (Å²) in [5, 5.41) is 5.82. The fourth-order valence-electron chi connectivity index (χ4n) is 2.00. The minimum Gasteiger partial charge on any atom is -0.378 e. The molecule has 0 bridgehead atoms. The Hall–Kier alpha value is -1.71. The molecule has 0 spiro atoms. The van der Waals surface area contributed by atoms with E-state index in [-0.39, 0.29) is 0 Å². The van der Waals surface area contributed by atoms with E-state index < -0.39 is 0 Å². The van der Waals surface area contributed by atoms with Crippen LogP contribution in [0.3, 0.4) is 0 Å². The number of hydrogen-bond acceptors (Lipinski definition) is 2. The standard InChI is InChI=1S/C14H11Cl2N3/c15-10-1-2-11-9(6-18-13(11)5-10)7-19-14-8-17-4-3-12(14)16/h1-6,8,18-19H,7H2. The van der Waals surface area contributed by atoms with Crippen molar-refractivity contribution in [2.45, 2.75) is 6.54 Å². The van der Waals surface area contributed by atoms with Crippen molar-refractivity contribution in [1.29, 1.82) is 0 Å². The van der Waals surface area contributed by atoms with Crippen LogP contribution in [0, 0.1) is 0 Å². The SMILES string of the molecule is Clc1ccc2c(CNc3cnccc3Cl)c[nH]c2c1. The number of pyridine rings is 1. The molecule has 0 aliphatic carbocycles. The van der Waals surface area contributed by atoms with E-state index in [1.807, 2.05) is 24.4 Å². The second-order valence-electron chi connectivity index (χ2n) is 4.21. The summed E-state index contributed by atoms with van der Waals surface area (Å²) in [6, 6.07) is 7.57. The van der Waals surface area contributed by atoms with Crippen LogP contribution >= 0.6 is 23.2 Å². The predicted molar refractivity (Wildman–Crippen MR) is 79.9 cm³/mol. The normalized spacial score (nSPS) is 10.8. The van der Waals surface area contributed by atoms with Gasteiger partial charge < -0.3 is 10.3 Å². The van der Waals surface area contributed by atoms with Gasteiger partial charge in [0.1, 0.15) is 0 Å². The molecule has 96 valence electrons. The lowest BCUT2D eigenvalue weighted by Gasteiger charge is -2.06. The van der Waals surface area contributed by atoms with E-state index in [1.165, 1.54) is 0 Å². The highest BCUT2D eigenvalue weighted by atomic mass is 35.5. The Labute approximate surface area is 120 Å². The topological polar surface area (TPSA) is 40.7 Å². The van der Waals surface area contributed by atoms with Crippen LogP contribution in [0.15, 0.2) is 42.9 Å². The zero-order valence-electron chi connectivity index (χ0n) is 9.95. The van der Waals surface area contributed by atoms with E-state index in [4.69, 9.17) is 23.2 Å². The average Bonchev–Trinajstić information content (AvgIpc) is 2.80. The first-order valence-corrected chi connectivity index (χ1v) is 6.58. The maximum Gasteiger partial charge on any atom is 0.0718 e. The Kier molecular flexibility index (Phi) is 3.32. The second-order valence-corrected chi connectivity index (χ2v) is 5.06. The molecule has 0 aliphatic rings. The molecular weight excluding hydrogens is 281 g/mol. The van der Waals surface area contributed by atoms with E-state index in [2.05, 4.69) is 15.3 Å². The number of aromatic nitrogens is 2. The summed E-state index contributed by atoms with van der Waals surface area (Å²) in [7, 11) is 0. The highest BCUT2D eigenvalue weighted by molar-refractivity contribution is 6.33. The van der Waals surface area contributed by atoms with Gasteiger partial charge in [-0.3, -0.25) is 4.98 Å². The van der Waals surface area contributed by atoms with Crippen molar-refractivity contribution in [3.8, 4) is 0 Å². The van der Waals surface area contributed by atoms with Gasteiger partial charge in [0.15, 0.2) is 0 Å². The minimum absolute atomic E-state index is 0.665. The van der Waals surface area contributed by atoms with Crippen molar-refractivity contribution < 1.29 is 0 Å². The van der Waals surface area contributed by atoms with E-state index in [0.29, 0.717) is 11.6 Å². The monoisotopic (exact) mass is 291 g/mol. The predicted octanol–water partition coefficient (Wildman–Crippen LogP) is 4.48. The minimum atomic E-state index is 0.665. The van der Waals surface area contributed by atoms with Crippen LogP contribution in [0.5, 0.6) is 0 Å². The quantitative estimate of drug-likeness (QED) is 0.747. The molecule has 1 aromatic carbocycles. The number of aromatic amines is 1. The molecule has 3 aromatic rings. The Balaban J connectivity index is 1.84. The van der Waals surface area contributed by atoms with Crippen LogP contribution < -0.4 is 5.32 Å². The molecule has 3 rings (SSSR count). The van der Waals surface area contributed by atoms with E-state index in [0.717, 1.165) is 27.2 Å². The molecule has 0 saturated carbocycles. The Bertz CT molecular complexity index is 722. The Morgan fingerprint density at radius 3 is 2.95 bits per heavy atom. The molecule has 0 radical (unpaired) electrons. The first-order valence-electron chi connectivity index (χ1n) is 5.83. The number of nitrogens with zero attached hydrogens (tertiary/aromatic N) is 1. The van der Waals surface area contributed by atoms with E-state index >= 15 is 0 Å². The van der Waals surface area contributed by atoms with Gasteiger partial charge in [0, 0.05) is 34.9 Å². The van der Waals surface area contributed by atoms with Gasteiger partial charge in [0.2, 0.25) is 0 Å². The molecule has 5 heteroatoms. The smallest absolute Gasteiger partial charge is 0.0718 e. The number of H-pyrrole nitrogens is 1. The van der Waals surface area contributed by atoms with E-state index in [1.54, 1.807) is 18.5 Å². The third kappa shape index (κ3) is 2.53. The molecule has 0 saturated heterocycles. The molecule has 0 aliphatic heterocycles. The van der Waals surface area contributed by atoms with Gasteiger partial charge in [0.25, 0.3) is 0 Å². The van der Waals surface area contributed by atoms with Gasteiger partial charge in [-0.2, -0.15) is 0 Å². The van der Waals surface area contributed by atoms with Gasteiger partial charge >= 0.3 is 0 Å². The summed E-state index contributed by atoms with van der Waals surface area (Å²) in [4.78, 5) is 7.25. The lowest BCUT2D eigenvalue weighted by atomic mass is 10.2.